The molecule has 0 bridgehead atoms. The Morgan fingerprint density at radius 3 is 2.00 bits per heavy atom. The third-order valence-corrected chi connectivity index (χ3v) is 11.2. The first-order valence-electron chi connectivity index (χ1n) is 15.6. The van der Waals surface area contributed by atoms with Crippen molar-refractivity contribution in [1.82, 2.24) is 0 Å². The Labute approximate surface area is 263 Å². The summed E-state index contributed by atoms with van der Waals surface area (Å²) in [7, 11) is 0. The lowest BCUT2D eigenvalue weighted by Crippen LogP contribution is -2.20. The van der Waals surface area contributed by atoms with Crippen LogP contribution in [-0.4, -0.2) is 0 Å². The summed E-state index contributed by atoms with van der Waals surface area (Å²) in [5.41, 5.74) is 17.2. The number of anilines is 3. The standard InChI is InChI=1S/C42H33NS/c1-25-12-18-38-28(20-25)22-29-21-26(2)13-19-39(29)43(38)30-15-17-33-32-16-14-27(23-36(32)42(3,4)37(33)24-30)31-9-7-10-35-34-8-5-6-11-40(34)44-41(31)35/h5-21,23-24H,22H2,1-4H3. The fraction of sp³-hybridized carbons (Fsp3) is 0.143. The largest absolute Gasteiger partial charge is 0.310 e. The van der Waals surface area contributed by atoms with E-state index in [-0.39, 0.29) is 5.41 Å². The van der Waals surface area contributed by atoms with Crippen molar-refractivity contribution in [1.29, 1.82) is 0 Å². The van der Waals surface area contributed by atoms with Crippen LogP contribution in [0, 0.1) is 13.8 Å². The SMILES string of the molecule is Cc1ccc2c(c1)Cc1cc(C)ccc1N2c1ccc2c(c1)C(C)(C)c1cc(-c3cccc4c3sc3ccccc34)ccc1-2. The van der Waals surface area contributed by atoms with Gasteiger partial charge in [-0.15, -0.1) is 11.3 Å². The number of hydrogen-bond acceptors (Lipinski definition) is 2. The Hall–Kier alpha value is -4.66. The van der Waals surface area contributed by atoms with Crippen LogP contribution in [0.5, 0.6) is 0 Å². The van der Waals surface area contributed by atoms with Gasteiger partial charge in [0.1, 0.15) is 0 Å². The predicted molar refractivity (Wildman–Crippen MR) is 189 cm³/mol. The van der Waals surface area contributed by atoms with E-state index in [1.54, 1.807) is 0 Å². The molecule has 2 heterocycles. The fourth-order valence-corrected chi connectivity index (χ4v) is 9.01. The molecule has 0 unspecified atom stereocenters. The van der Waals surface area contributed by atoms with Gasteiger partial charge in [-0.2, -0.15) is 0 Å². The van der Waals surface area contributed by atoms with Crippen LogP contribution in [-0.2, 0) is 11.8 Å². The van der Waals surface area contributed by atoms with Gasteiger partial charge in [-0.25, -0.2) is 0 Å². The molecule has 0 amide bonds. The maximum Gasteiger partial charge on any atom is 0.0497 e. The Kier molecular flexibility index (Phi) is 5.38. The van der Waals surface area contributed by atoms with E-state index in [1.165, 1.54) is 92.9 Å². The normalized spacial score (nSPS) is 14.4. The van der Waals surface area contributed by atoms with E-state index in [0.717, 1.165) is 6.42 Å². The van der Waals surface area contributed by atoms with Gasteiger partial charge in [-0.05, 0) is 94.8 Å². The minimum Gasteiger partial charge on any atom is -0.310 e. The van der Waals surface area contributed by atoms with Crippen molar-refractivity contribution in [2.45, 2.75) is 39.5 Å². The Morgan fingerprint density at radius 2 is 1.25 bits per heavy atom. The summed E-state index contributed by atoms with van der Waals surface area (Å²) in [6.45, 7) is 9.19. The van der Waals surface area contributed by atoms with Gasteiger partial charge in [0.25, 0.3) is 0 Å². The summed E-state index contributed by atoms with van der Waals surface area (Å²) in [5, 5.41) is 2.70. The van der Waals surface area contributed by atoms with E-state index in [1.807, 2.05) is 11.3 Å². The highest BCUT2D eigenvalue weighted by atomic mass is 32.1. The average Bonchev–Trinajstić information content (AvgIpc) is 3.51. The number of nitrogens with zero attached hydrogens (tertiary/aromatic N) is 1. The Balaban J connectivity index is 1.18. The lowest BCUT2D eigenvalue weighted by Gasteiger charge is -2.35. The molecule has 1 aliphatic heterocycles. The van der Waals surface area contributed by atoms with Crippen LogP contribution in [0.25, 0.3) is 42.4 Å². The minimum absolute atomic E-state index is 0.118. The number of aryl methyl sites for hydroxylation is 2. The maximum atomic E-state index is 2.49. The highest BCUT2D eigenvalue weighted by Gasteiger charge is 2.37. The monoisotopic (exact) mass is 583 g/mol. The van der Waals surface area contributed by atoms with Gasteiger partial charge in [0.2, 0.25) is 0 Å². The quantitative estimate of drug-likeness (QED) is 0.196. The summed E-state index contributed by atoms with van der Waals surface area (Å²) in [6.07, 6.45) is 0.974. The molecule has 0 saturated heterocycles. The van der Waals surface area contributed by atoms with Crippen molar-refractivity contribution < 1.29 is 0 Å². The summed E-state index contributed by atoms with van der Waals surface area (Å²) < 4.78 is 2.72. The molecule has 2 heteroatoms. The third kappa shape index (κ3) is 3.64. The molecule has 9 rings (SSSR count). The number of thiophene rings is 1. The van der Waals surface area contributed by atoms with Crippen molar-refractivity contribution in [3.05, 3.63) is 149 Å². The van der Waals surface area contributed by atoms with Crippen molar-refractivity contribution in [2.75, 3.05) is 4.90 Å². The third-order valence-electron chi connectivity index (χ3n) is 9.97. The van der Waals surface area contributed by atoms with Crippen LogP contribution in [0.1, 0.15) is 47.2 Å². The number of benzene rings is 6. The molecular formula is C42H33NS. The van der Waals surface area contributed by atoms with Gasteiger partial charge >= 0.3 is 0 Å². The van der Waals surface area contributed by atoms with Gasteiger partial charge in [0.05, 0.1) is 0 Å². The molecule has 6 aromatic carbocycles. The first-order valence-corrected chi connectivity index (χ1v) is 16.4. The zero-order chi connectivity index (χ0) is 29.7. The van der Waals surface area contributed by atoms with E-state index in [4.69, 9.17) is 0 Å². The molecule has 212 valence electrons. The van der Waals surface area contributed by atoms with Crippen LogP contribution in [0.3, 0.4) is 0 Å². The van der Waals surface area contributed by atoms with Gasteiger partial charge in [-0.3, -0.25) is 0 Å². The van der Waals surface area contributed by atoms with E-state index in [2.05, 4.69) is 148 Å². The zero-order valence-corrected chi connectivity index (χ0v) is 26.3. The van der Waals surface area contributed by atoms with Crippen molar-refractivity contribution >= 4 is 48.6 Å². The van der Waals surface area contributed by atoms with Crippen molar-refractivity contribution in [3.63, 3.8) is 0 Å². The van der Waals surface area contributed by atoms with Gasteiger partial charge in [0, 0.05) is 49.1 Å². The molecule has 0 N–H and O–H groups in total. The molecule has 0 atom stereocenters. The second-order valence-corrected chi connectivity index (χ2v) is 14.2. The van der Waals surface area contributed by atoms with Crippen LogP contribution in [0.4, 0.5) is 17.1 Å². The lowest BCUT2D eigenvalue weighted by atomic mass is 9.81. The highest BCUT2D eigenvalue weighted by molar-refractivity contribution is 7.26. The number of rotatable bonds is 2. The Bertz CT molecular complexity index is 2270. The molecule has 1 nitrogen and oxygen atoms in total. The van der Waals surface area contributed by atoms with Crippen molar-refractivity contribution in [3.8, 4) is 22.3 Å². The van der Waals surface area contributed by atoms with Gasteiger partial charge < -0.3 is 4.90 Å². The molecule has 7 aromatic rings. The first kappa shape index (κ1) is 25.8. The van der Waals surface area contributed by atoms with Crippen LogP contribution < -0.4 is 4.90 Å². The minimum atomic E-state index is -0.118. The summed E-state index contributed by atoms with van der Waals surface area (Å²) in [6, 6.07) is 43.7. The molecule has 0 saturated carbocycles. The number of hydrogen-bond donors (Lipinski definition) is 0. The average molecular weight is 584 g/mol. The number of fused-ring (bicyclic) bond motifs is 8. The Morgan fingerprint density at radius 1 is 0.591 bits per heavy atom. The molecule has 44 heavy (non-hydrogen) atoms. The second kappa shape index (κ2) is 9.17. The summed E-state index contributed by atoms with van der Waals surface area (Å²) >= 11 is 1.91. The van der Waals surface area contributed by atoms with Crippen LogP contribution in [0.15, 0.2) is 115 Å². The van der Waals surface area contributed by atoms with E-state index < -0.39 is 0 Å². The van der Waals surface area contributed by atoms with Crippen LogP contribution >= 0.6 is 11.3 Å². The molecule has 1 aliphatic carbocycles. The maximum absolute atomic E-state index is 2.49. The highest BCUT2D eigenvalue weighted by Crippen LogP contribution is 2.53. The smallest absolute Gasteiger partial charge is 0.0497 e. The molecule has 0 spiro atoms. The van der Waals surface area contributed by atoms with Gasteiger partial charge in [-0.1, -0.05) is 104 Å². The van der Waals surface area contributed by atoms with Gasteiger partial charge in [0.15, 0.2) is 0 Å². The van der Waals surface area contributed by atoms with Crippen LogP contribution in [0.2, 0.25) is 0 Å². The van der Waals surface area contributed by atoms with E-state index >= 15 is 0 Å². The first-order chi connectivity index (χ1) is 21.4. The molecule has 0 radical (unpaired) electrons. The predicted octanol–water partition coefficient (Wildman–Crippen LogP) is 12.0. The lowest BCUT2D eigenvalue weighted by molar-refractivity contribution is 0.660. The van der Waals surface area contributed by atoms with Crippen molar-refractivity contribution in [2.24, 2.45) is 0 Å². The summed E-state index contributed by atoms with van der Waals surface area (Å²) in [5.74, 6) is 0. The molecular weight excluding hydrogens is 551 g/mol. The zero-order valence-electron chi connectivity index (χ0n) is 25.5. The molecule has 0 fully saturated rings. The topological polar surface area (TPSA) is 3.24 Å². The fourth-order valence-electron chi connectivity index (χ4n) is 7.77. The van der Waals surface area contributed by atoms with E-state index in [9.17, 15) is 0 Å². The summed E-state index contributed by atoms with van der Waals surface area (Å²) in [4.78, 5) is 2.49. The molecule has 2 aliphatic rings. The second-order valence-electron chi connectivity index (χ2n) is 13.2. The van der Waals surface area contributed by atoms with E-state index in [0.29, 0.717) is 0 Å². The molecule has 1 aromatic heterocycles.